The number of benzene rings is 1. The Labute approximate surface area is 128 Å². The van der Waals surface area contributed by atoms with Crippen molar-refractivity contribution in [2.24, 2.45) is 5.92 Å². The van der Waals surface area contributed by atoms with E-state index in [4.69, 9.17) is 0 Å². The van der Waals surface area contributed by atoms with Crippen LogP contribution in [0.1, 0.15) is 45.4 Å². The van der Waals surface area contributed by atoms with Crippen molar-refractivity contribution >= 4 is 5.69 Å². The maximum absolute atomic E-state index is 3.75. The average molecular weight is 282 g/mol. The summed E-state index contributed by atoms with van der Waals surface area (Å²) < 4.78 is 2.16. The average Bonchev–Trinajstić information content (AvgIpc) is 2.96. The summed E-state index contributed by atoms with van der Waals surface area (Å²) in [7, 11) is 0. The lowest BCUT2D eigenvalue weighted by Gasteiger charge is -2.18. The number of hydrogen-bond acceptors (Lipinski definition) is 1. The minimum atomic E-state index is 0.640. The highest BCUT2D eigenvalue weighted by molar-refractivity contribution is 5.51. The van der Waals surface area contributed by atoms with Gasteiger partial charge in [0.1, 0.15) is 0 Å². The fourth-order valence-corrected chi connectivity index (χ4v) is 3.43. The van der Waals surface area contributed by atoms with Crippen molar-refractivity contribution in [3.05, 3.63) is 48.8 Å². The van der Waals surface area contributed by atoms with Crippen LogP contribution >= 0.6 is 0 Å². The first-order valence-electron chi connectivity index (χ1n) is 8.35. The van der Waals surface area contributed by atoms with Crippen molar-refractivity contribution in [1.82, 2.24) is 4.57 Å². The molecule has 2 heteroatoms. The Bertz CT molecular complexity index is 544. The maximum atomic E-state index is 3.75. The summed E-state index contributed by atoms with van der Waals surface area (Å²) in [6.45, 7) is 2.33. The Kier molecular flexibility index (Phi) is 4.64. The molecule has 2 unspecified atom stereocenters. The van der Waals surface area contributed by atoms with Crippen LogP contribution < -0.4 is 5.32 Å². The Morgan fingerprint density at radius 3 is 2.71 bits per heavy atom. The SMILES string of the molecule is CCC1CCCC(Nc2cccc(-n3cccc3)c2)CC1. The molecule has 0 radical (unpaired) electrons. The predicted molar refractivity (Wildman–Crippen MR) is 90.0 cm³/mol. The summed E-state index contributed by atoms with van der Waals surface area (Å²) in [6, 6.07) is 13.5. The fraction of sp³-hybridized carbons (Fsp3) is 0.474. The van der Waals surface area contributed by atoms with Crippen LogP contribution in [0.3, 0.4) is 0 Å². The zero-order chi connectivity index (χ0) is 14.5. The van der Waals surface area contributed by atoms with Crippen molar-refractivity contribution in [2.75, 3.05) is 5.32 Å². The molecule has 1 aliphatic rings. The third-order valence-electron chi connectivity index (χ3n) is 4.79. The van der Waals surface area contributed by atoms with Gasteiger partial charge in [0.05, 0.1) is 0 Å². The van der Waals surface area contributed by atoms with Gasteiger partial charge in [0.2, 0.25) is 0 Å². The van der Waals surface area contributed by atoms with E-state index in [0.29, 0.717) is 6.04 Å². The summed E-state index contributed by atoms with van der Waals surface area (Å²) in [6.07, 6.45) is 12.3. The minimum absolute atomic E-state index is 0.640. The second-order valence-electron chi connectivity index (χ2n) is 6.26. The van der Waals surface area contributed by atoms with Gasteiger partial charge in [-0.3, -0.25) is 0 Å². The van der Waals surface area contributed by atoms with Crippen LogP contribution in [-0.2, 0) is 0 Å². The fourth-order valence-electron chi connectivity index (χ4n) is 3.43. The zero-order valence-electron chi connectivity index (χ0n) is 13.0. The highest BCUT2D eigenvalue weighted by atomic mass is 15.0. The molecule has 3 rings (SSSR count). The standard InChI is InChI=1S/C19H26N2/c1-2-16-7-5-8-17(12-11-16)20-18-9-6-10-19(15-18)21-13-3-4-14-21/h3-4,6,9-10,13-17,20H,2,5,7-8,11-12H2,1H3. The normalized spacial score (nSPS) is 22.7. The lowest BCUT2D eigenvalue weighted by atomic mass is 9.98. The van der Waals surface area contributed by atoms with Crippen molar-refractivity contribution in [3.63, 3.8) is 0 Å². The first-order valence-corrected chi connectivity index (χ1v) is 8.35. The molecule has 1 aliphatic carbocycles. The van der Waals surface area contributed by atoms with E-state index in [1.165, 1.54) is 49.9 Å². The number of rotatable bonds is 4. The zero-order valence-corrected chi connectivity index (χ0v) is 13.0. The maximum Gasteiger partial charge on any atom is 0.0469 e. The molecule has 1 N–H and O–H groups in total. The monoisotopic (exact) mass is 282 g/mol. The topological polar surface area (TPSA) is 17.0 Å². The summed E-state index contributed by atoms with van der Waals surface area (Å²) >= 11 is 0. The first kappa shape index (κ1) is 14.2. The highest BCUT2D eigenvalue weighted by Gasteiger charge is 2.17. The van der Waals surface area contributed by atoms with Crippen LogP contribution in [0.2, 0.25) is 0 Å². The third-order valence-corrected chi connectivity index (χ3v) is 4.79. The van der Waals surface area contributed by atoms with Crippen molar-refractivity contribution in [3.8, 4) is 5.69 Å². The summed E-state index contributed by atoms with van der Waals surface area (Å²) in [5, 5.41) is 3.75. The second kappa shape index (κ2) is 6.84. The molecule has 0 amide bonds. The number of anilines is 1. The van der Waals surface area contributed by atoms with Crippen LogP contribution in [0.25, 0.3) is 5.69 Å². The lowest BCUT2D eigenvalue weighted by molar-refractivity contribution is 0.444. The van der Waals surface area contributed by atoms with E-state index in [1.807, 2.05) is 0 Å². The molecular formula is C19H26N2. The Balaban J connectivity index is 1.66. The molecule has 21 heavy (non-hydrogen) atoms. The minimum Gasteiger partial charge on any atom is -0.382 e. The molecule has 0 spiro atoms. The van der Waals surface area contributed by atoms with Gasteiger partial charge in [0.15, 0.2) is 0 Å². The van der Waals surface area contributed by atoms with Crippen molar-refractivity contribution in [1.29, 1.82) is 0 Å². The molecule has 2 atom stereocenters. The summed E-state index contributed by atoms with van der Waals surface area (Å²) in [4.78, 5) is 0. The lowest BCUT2D eigenvalue weighted by Crippen LogP contribution is -2.18. The molecule has 0 saturated heterocycles. The number of nitrogens with one attached hydrogen (secondary N) is 1. The van der Waals surface area contributed by atoms with Gasteiger partial charge in [0, 0.05) is 29.8 Å². The molecule has 1 heterocycles. The van der Waals surface area contributed by atoms with Gasteiger partial charge in [-0.05, 0) is 55.5 Å². The largest absolute Gasteiger partial charge is 0.382 e. The molecule has 2 aromatic rings. The van der Waals surface area contributed by atoms with Crippen LogP contribution in [0.15, 0.2) is 48.8 Å². The number of nitrogens with zero attached hydrogens (tertiary/aromatic N) is 1. The summed E-state index contributed by atoms with van der Waals surface area (Å²) in [5.74, 6) is 0.947. The van der Waals surface area contributed by atoms with Crippen molar-refractivity contribution < 1.29 is 0 Å². The van der Waals surface area contributed by atoms with E-state index in [0.717, 1.165) is 5.92 Å². The van der Waals surface area contributed by atoms with Gasteiger partial charge in [0.25, 0.3) is 0 Å². The van der Waals surface area contributed by atoms with E-state index in [2.05, 4.69) is 65.6 Å². The summed E-state index contributed by atoms with van der Waals surface area (Å²) in [5.41, 5.74) is 2.48. The van der Waals surface area contributed by atoms with Gasteiger partial charge in [-0.2, -0.15) is 0 Å². The van der Waals surface area contributed by atoms with Gasteiger partial charge < -0.3 is 9.88 Å². The van der Waals surface area contributed by atoms with E-state index in [-0.39, 0.29) is 0 Å². The van der Waals surface area contributed by atoms with Crippen LogP contribution in [-0.4, -0.2) is 10.6 Å². The molecule has 1 aromatic carbocycles. The molecule has 1 saturated carbocycles. The van der Waals surface area contributed by atoms with E-state index >= 15 is 0 Å². The van der Waals surface area contributed by atoms with Crippen molar-refractivity contribution in [2.45, 2.75) is 51.5 Å². The molecule has 2 nitrogen and oxygen atoms in total. The predicted octanol–water partition coefficient (Wildman–Crippen LogP) is 5.25. The van der Waals surface area contributed by atoms with E-state index in [9.17, 15) is 0 Å². The molecule has 1 fully saturated rings. The molecular weight excluding hydrogens is 256 g/mol. The number of hydrogen-bond donors (Lipinski definition) is 1. The quantitative estimate of drug-likeness (QED) is 0.758. The Morgan fingerprint density at radius 1 is 1.05 bits per heavy atom. The van der Waals surface area contributed by atoms with Gasteiger partial charge >= 0.3 is 0 Å². The van der Waals surface area contributed by atoms with E-state index < -0.39 is 0 Å². The van der Waals surface area contributed by atoms with Crippen LogP contribution in [0.4, 0.5) is 5.69 Å². The molecule has 112 valence electrons. The molecule has 1 aromatic heterocycles. The highest BCUT2D eigenvalue weighted by Crippen LogP contribution is 2.27. The van der Waals surface area contributed by atoms with Gasteiger partial charge in [-0.25, -0.2) is 0 Å². The second-order valence-corrected chi connectivity index (χ2v) is 6.26. The van der Waals surface area contributed by atoms with Crippen LogP contribution in [0.5, 0.6) is 0 Å². The molecule has 0 bridgehead atoms. The first-order chi connectivity index (χ1) is 10.3. The Hall–Kier alpha value is -1.70. The third kappa shape index (κ3) is 3.69. The van der Waals surface area contributed by atoms with Gasteiger partial charge in [-0.15, -0.1) is 0 Å². The van der Waals surface area contributed by atoms with Gasteiger partial charge in [-0.1, -0.05) is 32.3 Å². The molecule has 0 aliphatic heterocycles. The number of aromatic nitrogens is 1. The van der Waals surface area contributed by atoms with E-state index in [1.54, 1.807) is 0 Å². The van der Waals surface area contributed by atoms with Crippen LogP contribution in [0, 0.1) is 5.92 Å². The Morgan fingerprint density at radius 2 is 1.90 bits per heavy atom. The smallest absolute Gasteiger partial charge is 0.0469 e.